The molecule has 0 aliphatic rings. The summed E-state index contributed by atoms with van der Waals surface area (Å²) in [5.74, 6) is -0.0112. The minimum absolute atomic E-state index is 0.0346. The number of nitrogens with two attached hydrogens (primary N) is 1. The van der Waals surface area contributed by atoms with Gasteiger partial charge in [-0.05, 0) is 12.1 Å². The third-order valence-corrected chi connectivity index (χ3v) is 2.88. The largest absolute Gasteiger partial charge is 0.438 e. The van der Waals surface area contributed by atoms with E-state index in [0.717, 1.165) is 0 Å². The number of amides is 1. The zero-order chi connectivity index (χ0) is 14.0. The summed E-state index contributed by atoms with van der Waals surface area (Å²) in [6, 6.07) is 6.44. The summed E-state index contributed by atoms with van der Waals surface area (Å²) in [5, 5.41) is 10.1. The van der Waals surface area contributed by atoms with Gasteiger partial charge in [0.1, 0.15) is 11.6 Å². The fourth-order valence-corrected chi connectivity index (χ4v) is 1.70. The summed E-state index contributed by atoms with van der Waals surface area (Å²) >= 11 is 0. The quantitative estimate of drug-likeness (QED) is 0.845. The Kier molecular flexibility index (Phi) is 3.82. The average molecular weight is 263 g/mol. The van der Waals surface area contributed by atoms with Crippen molar-refractivity contribution in [1.82, 2.24) is 9.88 Å². The molecule has 1 heterocycles. The van der Waals surface area contributed by atoms with Crippen molar-refractivity contribution >= 4 is 17.0 Å². The molecule has 0 bridgehead atoms. The van der Waals surface area contributed by atoms with Gasteiger partial charge in [-0.3, -0.25) is 4.79 Å². The number of fused-ring (bicyclic) bond motifs is 1. The van der Waals surface area contributed by atoms with E-state index < -0.39 is 12.1 Å². The molecule has 0 aliphatic heterocycles. The van der Waals surface area contributed by atoms with E-state index in [9.17, 15) is 9.90 Å². The predicted molar refractivity (Wildman–Crippen MR) is 70.3 cm³/mol. The molecule has 3 N–H and O–H groups in total. The van der Waals surface area contributed by atoms with Crippen molar-refractivity contribution in [3.63, 3.8) is 0 Å². The molecule has 2 atom stereocenters. The number of hydrogen-bond acceptors (Lipinski definition) is 5. The fourth-order valence-electron chi connectivity index (χ4n) is 1.70. The van der Waals surface area contributed by atoms with Crippen LogP contribution < -0.4 is 5.73 Å². The van der Waals surface area contributed by atoms with Crippen LogP contribution in [-0.2, 0) is 4.79 Å². The van der Waals surface area contributed by atoms with Crippen LogP contribution in [0.1, 0.15) is 18.4 Å². The first-order chi connectivity index (χ1) is 8.99. The lowest BCUT2D eigenvalue weighted by molar-refractivity contribution is -0.129. The first-order valence-corrected chi connectivity index (χ1v) is 5.98. The summed E-state index contributed by atoms with van der Waals surface area (Å²) in [7, 11) is 3.28. The van der Waals surface area contributed by atoms with Crippen LogP contribution >= 0.6 is 0 Å². The van der Waals surface area contributed by atoms with Gasteiger partial charge in [0, 0.05) is 26.6 Å². The Morgan fingerprint density at radius 1 is 1.47 bits per heavy atom. The van der Waals surface area contributed by atoms with Crippen LogP contribution in [0.5, 0.6) is 0 Å². The Morgan fingerprint density at radius 2 is 2.16 bits per heavy atom. The third-order valence-electron chi connectivity index (χ3n) is 2.88. The molecule has 0 saturated heterocycles. The first-order valence-electron chi connectivity index (χ1n) is 5.98. The van der Waals surface area contributed by atoms with E-state index in [2.05, 4.69) is 4.98 Å². The molecule has 19 heavy (non-hydrogen) atoms. The number of aliphatic hydroxyl groups is 1. The minimum atomic E-state index is -1.10. The molecule has 0 spiro atoms. The van der Waals surface area contributed by atoms with Crippen LogP contribution in [0.4, 0.5) is 0 Å². The minimum Gasteiger partial charge on any atom is -0.438 e. The molecule has 6 nitrogen and oxygen atoms in total. The number of oxazole rings is 1. The second-order valence-electron chi connectivity index (χ2n) is 4.62. The molecule has 0 saturated carbocycles. The molecule has 102 valence electrons. The van der Waals surface area contributed by atoms with Gasteiger partial charge in [0.2, 0.25) is 11.8 Å². The van der Waals surface area contributed by atoms with Crippen molar-refractivity contribution in [3.8, 4) is 0 Å². The molecular formula is C13H17N3O3. The Hall–Kier alpha value is -1.92. The zero-order valence-electron chi connectivity index (χ0n) is 10.9. The number of aromatic nitrogens is 1. The van der Waals surface area contributed by atoms with E-state index in [0.29, 0.717) is 11.1 Å². The highest BCUT2D eigenvalue weighted by Crippen LogP contribution is 2.22. The molecular weight excluding hydrogens is 246 g/mol. The standard InChI is InChI=1S/C13H17N3O3/c1-16(2)11(17)7-8(14)12(18)13-15-9-5-3-4-6-10(9)19-13/h3-6,8,12,18H,7,14H2,1-2H3/t8-,12?/m0/s1. The Bertz CT molecular complexity index is 546. The van der Waals surface area contributed by atoms with Gasteiger partial charge in [-0.15, -0.1) is 0 Å². The highest BCUT2D eigenvalue weighted by Gasteiger charge is 2.25. The molecule has 1 aromatic heterocycles. The third kappa shape index (κ3) is 2.91. The van der Waals surface area contributed by atoms with Crippen molar-refractivity contribution in [2.45, 2.75) is 18.6 Å². The van der Waals surface area contributed by atoms with Gasteiger partial charge in [-0.25, -0.2) is 4.98 Å². The predicted octanol–water partition coefficient (Wildman–Crippen LogP) is 0.667. The average Bonchev–Trinajstić information content (AvgIpc) is 2.81. The lowest BCUT2D eigenvalue weighted by atomic mass is 10.1. The molecule has 1 amide bonds. The zero-order valence-corrected chi connectivity index (χ0v) is 10.9. The van der Waals surface area contributed by atoms with Crippen LogP contribution in [0.15, 0.2) is 28.7 Å². The molecule has 1 unspecified atom stereocenters. The summed E-state index contributed by atoms with van der Waals surface area (Å²) in [6.07, 6.45) is -1.07. The molecule has 0 radical (unpaired) electrons. The molecule has 1 aromatic carbocycles. The maximum atomic E-state index is 11.5. The number of aliphatic hydroxyl groups excluding tert-OH is 1. The van der Waals surface area contributed by atoms with E-state index in [1.165, 1.54) is 4.90 Å². The van der Waals surface area contributed by atoms with Crippen molar-refractivity contribution in [3.05, 3.63) is 30.2 Å². The number of benzene rings is 1. The molecule has 2 rings (SSSR count). The maximum Gasteiger partial charge on any atom is 0.225 e. The normalized spacial score (nSPS) is 14.3. The highest BCUT2D eigenvalue weighted by molar-refractivity contribution is 5.76. The number of hydrogen-bond donors (Lipinski definition) is 2. The smallest absolute Gasteiger partial charge is 0.225 e. The summed E-state index contributed by atoms with van der Waals surface area (Å²) in [6.45, 7) is 0. The van der Waals surface area contributed by atoms with Gasteiger partial charge < -0.3 is 20.2 Å². The van der Waals surface area contributed by atoms with E-state index in [-0.39, 0.29) is 18.2 Å². The van der Waals surface area contributed by atoms with E-state index in [1.807, 2.05) is 12.1 Å². The van der Waals surface area contributed by atoms with E-state index in [4.69, 9.17) is 10.2 Å². The molecule has 2 aromatic rings. The molecule has 0 fully saturated rings. The second-order valence-corrected chi connectivity index (χ2v) is 4.62. The number of nitrogens with zero attached hydrogens (tertiary/aromatic N) is 2. The van der Waals surface area contributed by atoms with Crippen LogP contribution in [0.25, 0.3) is 11.1 Å². The topological polar surface area (TPSA) is 92.6 Å². The fraction of sp³-hybridized carbons (Fsp3) is 0.385. The van der Waals surface area contributed by atoms with Crippen LogP contribution in [-0.4, -0.2) is 41.0 Å². The second kappa shape index (κ2) is 5.38. The van der Waals surface area contributed by atoms with E-state index >= 15 is 0 Å². The van der Waals surface area contributed by atoms with Gasteiger partial charge in [-0.1, -0.05) is 12.1 Å². The lowest BCUT2D eigenvalue weighted by Crippen LogP contribution is -2.35. The summed E-state index contributed by atoms with van der Waals surface area (Å²) < 4.78 is 5.43. The van der Waals surface area contributed by atoms with Crippen molar-refractivity contribution in [2.24, 2.45) is 5.73 Å². The van der Waals surface area contributed by atoms with Crippen molar-refractivity contribution < 1.29 is 14.3 Å². The van der Waals surface area contributed by atoms with Gasteiger partial charge in [0.05, 0.1) is 0 Å². The number of para-hydroxylation sites is 2. The van der Waals surface area contributed by atoms with Gasteiger partial charge in [-0.2, -0.15) is 0 Å². The van der Waals surface area contributed by atoms with Crippen LogP contribution in [0.3, 0.4) is 0 Å². The number of rotatable bonds is 4. The van der Waals surface area contributed by atoms with Gasteiger partial charge in [0.15, 0.2) is 5.58 Å². The highest BCUT2D eigenvalue weighted by atomic mass is 16.4. The monoisotopic (exact) mass is 263 g/mol. The lowest BCUT2D eigenvalue weighted by Gasteiger charge is -2.17. The summed E-state index contributed by atoms with van der Waals surface area (Å²) in [4.78, 5) is 17.1. The Balaban J connectivity index is 2.14. The Labute approximate surface area is 110 Å². The van der Waals surface area contributed by atoms with Gasteiger partial charge in [0.25, 0.3) is 0 Å². The maximum absolute atomic E-state index is 11.5. The van der Waals surface area contributed by atoms with Gasteiger partial charge >= 0.3 is 0 Å². The first kappa shape index (κ1) is 13.5. The molecule has 6 heteroatoms. The number of carbonyl (C=O) groups excluding carboxylic acids is 1. The van der Waals surface area contributed by atoms with Crippen LogP contribution in [0.2, 0.25) is 0 Å². The van der Waals surface area contributed by atoms with Crippen LogP contribution in [0, 0.1) is 0 Å². The SMILES string of the molecule is CN(C)C(=O)C[C@H](N)C(O)c1nc2ccccc2o1. The molecule has 0 aliphatic carbocycles. The Morgan fingerprint density at radius 3 is 2.79 bits per heavy atom. The van der Waals surface area contributed by atoms with Crippen molar-refractivity contribution in [2.75, 3.05) is 14.1 Å². The van der Waals surface area contributed by atoms with Crippen molar-refractivity contribution in [1.29, 1.82) is 0 Å². The summed E-state index contributed by atoms with van der Waals surface area (Å²) in [5.41, 5.74) is 7.05. The number of carbonyl (C=O) groups is 1. The van der Waals surface area contributed by atoms with E-state index in [1.54, 1.807) is 26.2 Å².